The van der Waals surface area contributed by atoms with Crippen LogP contribution in [0.2, 0.25) is 0 Å². The first-order valence-corrected chi connectivity index (χ1v) is 20.2. The number of rotatable bonds is 7. The van der Waals surface area contributed by atoms with Crippen LogP contribution in [0.5, 0.6) is 0 Å². The van der Waals surface area contributed by atoms with Crippen molar-refractivity contribution in [3.63, 3.8) is 0 Å². The molecule has 0 aliphatic carbocycles. The predicted molar refractivity (Wildman–Crippen MR) is 246 cm³/mol. The van der Waals surface area contributed by atoms with E-state index in [1.165, 1.54) is 12.1 Å². The van der Waals surface area contributed by atoms with Gasteiger partial charge in [0.1, 0.15) is 5.82 Å². The van der Waals surface area contributed by atoms with Gasteiger partial charge in [0.2, 0.25) is 0 Å². The fourth-order valence-electron chi connectivity index (χ4n) is 8.20. The fourth-order valence-corrected chi connectivity index (χ4v) is 8.20. The van der Waals surface area contributed by atoms with Gasteiger partial charge in [0.25, 0.3) is 0 Å². The molecule has 0 N–H and O–H groups in total. The van der Waals surface area contributed by atoms with Crippen LogP contribution in [-0.4, -0.2) is 19.5 Å². The van der Waals surface area contributed by atoms with Gasteiger partial charge in [-0.1, -0.05) is 103 Å². The summed E-state index contributed by atoms with van der Waals surface area (Å²) < 4.78 is 17.2. The first kappa shape index (κ1) is 38.6. The Morgan fingerprint density at radius 1 is 0.359 bits per heavy atom. The van der Waals surface area contributed by atoms with Crippen LogP contribution >= 0.6 is 0 Å². The average Bonchev–Trinajstić information content (AvgIpc) is 3.69. The predicted octanol–water partition coefficient (Wildman–Crippen LogP) is 12.6. The zero-order valence-electron chi connectivity index (χ0n) is 33.7. The van der Waals surface area contributed by atoms with Gasteiger partial charge in [0.15, 0.2) is 17.5 Å². The number of nitriles is 4. The molecule has 9 heteroatoms. The summed E-state index contributed by atoms with van der Waals surface area (Å²) in [5.41, 5.74) is 10.4. The van der Waals surface area contributed by atoms with Crippen molar-refractivity contribution in [2.75, 3.05) is 0 Å². The first-order chi connectivity index (χ1) is 31.4. The van der Waals surface area contributed by atoms with Crippen molar-refractivity contribution >= 4 is 21.8 Å². The maximum atomic E-state index is 15.0. The summed E-state index contributed by atoms with van der Waals surface area (Å²) in [6.07, 6.45) is 0. The number of hydrogen-bond acceptors (Lipinski definition) is 7. The standard InChI is InChI=1S/C55H29FN8/c56-45-13-7-12-42(26-45)47-19-16-46(29-50(47)55-62-53(38-8-3-1-4-9-38)61-54(63-55)39-10-5-2-6-11-39)64-51-27-40(43-22-34(30-57)20-35(23-43)31-58)14-17-48(51)49-18-15-41(28-52(49)64)44-24-36(32-59)21-37(25-44)33-60/h1-29H. The summed E-state index contributed by atoms with van der Waals surface area (Å²) in [6.45, 7) is 0. The minimum Gasteiger partial charge on any atom is -0.309 e. The molecule has 0 aliphatic rings. The van der Waals surface area contributed by atoms with Gasteiger partial charge < -0.3 is 4.57 Å². The molecule has 2 aromatic heterocycles. The van der Waals surface area contributed by atoms with Crippen molar-refractivity contribution in [2.24, 2.45) is 0 Å². The highest BCUT2D eigenvalue weighted by Gasteiger charge is 2.21. The molecule has 0 radical (unpaired) electrons. The molecule has 0 fully saturated rings. The Balaban J connectivity index is 1.28. The Hall–Kier alpha value is -9.54. The van der Waals surface area contributed by atoms with Gasteiger partial charge in [-0.15, -0.1) is 0 Å². The highest BCUT2D eigenvalue weighted by Crippen LogP contribution is 2.40. The van der Waals surface area contributed by atoms with E-state index in [0.29, 0.717) is 67.5 Å². The molecule has 0 saturated carbocycles. The molecule has 0 spiro atoms. The van der Waals surface area contributed by atoms with E-state index in [-0.39, 0.29) is 5.82 Å². The smallest absolute Gasteiger partial charge is 0.164 e. The van der Waals surface area contributed by atoms with Gasteiger partial charge in [0, 0.05) is 33.2 Å². The molecule has 0 bridgehead atoms. The Bertz CT molecular complexity index is 3420. The monoisotopic (exact) mass is 820 g/mol. The maximum absolute atomic E-state index is 15.0. The van der Waals surface area contributed by atoms with Gasteiger partial charge in [-0.2, -0.15) is 21.0 Å². The average molecular weight is 821 g/mol. The number of aromatic nitrogens is 4. The summed E-state index contributed by atoms with van der Waals surface area (Å²) >= 11 is 0. The van der Waals surface area contributed by atoms with Crippen LogP contribution in [0.1, 0.15) is 22.3 Å². The summed E-state index contributed by atoms with van der Waals surface area (Å²) in [4.78, 5) is 15.1. The molecule has 8 nitrogen and oxygen atoms in total. The molecular weight excluding hydrogens is 792 g/mol. The Labute approximate surface area is 366 Å². The van der Waals surface area contributed by atoms with Gasteiger partial charge in [0.05, 0.1) is 57.6 Å². The molecule has 0 amide bonds. The minimum absolute atomic E-state index is 0.371. The van der Waals surface area contributed by atoms with Crippen LogP contribution in [0.4, 0.5) is 4.39 Å². The summed E-state index contributed by atoms with van der Waals surface area (Å²) in [5, 5.41) is 41.2. The first-order valence-electron chi connectivity index (χ1n) is 20.2. The zero-order valence-corrected chi connectivity index (χ0v) is 33.7. The molecule has 0 atom stereocenters. The molecular formula is C55H29FN8. The highest BCUT2D eigenvalue weighted by atomic mass is 19.1. The van der Waals surface area contributed by atoms with Gasteiger partial charge in [-0.25, -0.2) is 19.3 Å². The van der Waals surface area contributed by atoms with E-state index < -0.39 is 0 Å². The molecule has 2 heterocycles. The Kier molecular flexibility index (Phi) is 9.75. The molecule has 64 heavy (non-hydrogen) atoms. The lowest BCUT2D eigenvalue weighted by atomic mass is 9.97. The molecule has 10 rings (SSSR count). The van der Waals surface area contributed by atoms with Gasteiger partial charge in [-0.3, -0.25) is 0 Å². The van der Waals surface area contributed by atoms with Crippen LogP contribution in [0.3, 0.4) is 0 Å². The summed E-state index contributed by atoms with van der Waals surface area (Å²) in [5.74, 6) is 0.934. The van der Waals surface area contributed by atoms with Crippen LogP contribution in [-0.2, 0) is 0 Å². The van der Waals surface area contributed by atoms with Crippen LogP contribution in [0.15, 0.2) is 176 Å². The third-order valence-electron chi connectivity index (χ3n) is 11.2. The quantitative estimate of drug-likeness (QED) is 0.156. The molecule has 10 aromatic rings. The fraction of sp³-hybridized carbons (Fsp3) is 0. The normalized spacial score (nSPS) is 10.8. The number of benzene rings is 8. The second-order valence-electron chi connectivity index (χ2n) is 15.1. The topological polar surface area (TPSA) is 139 Å². The molecule has 0 saturated heterocycles. The molecule has 0 unspecified atom stereocenters. The van der Waals surface area contributed by atoms with Crippen molar-refractivity contribution in [1.82, 2.24) is 19.5 Å². The summed E-state index contributed by atoms with van der Waals surface area (Å²) in [6, 6.07) is 62.8. The number of nitrogens with zero attached hydrogens (tertiary/aromatic N) is 8. The summed E-state index contributed by atoms with van der Waals surface area (Å²) in [7, 11) is 0. The van der Waals surface area contributed by atoms with E-state index in [1.54, 1.807) is 42.5 Å². The highest BCUT2D eigenvalue weighted by molar-refractivity contribution is 6.11. The van der Waals surface area contributed by atoms with Crippen LogP contribution in [0, 0.1) is 51.1 Å². The lowest BCUT2D eigenvalue weighted by molar-refractivity contribution is 0.628. The van der Waals surface area contributed by atoms with Crippen molar-refractivity contribution in [2.45, 2.75) is 0 Å². The third kappa shape index (κ3) is 7.14. The zero-order chi connectivity index (χ0) is 43.7. The van der Waals surface area contributed by atoms with Gasteiger partial charge >= 0.3 is 0 Å². The van der Waals surface area contributed by atoms with E-state index in [1.807, 2.05) is 121 Å². The van der Waals surface area contributed by atoms with Crippen molar-refractivity contribution in [3.05, 3.63) is 204 Å². The third-order valence-corrected chi connectivity index (χ3v) is 11.2. The number of halogens is 1. The number of hydrogen-bond donors (Lipinski definition) is 0. The van der Waals surface area contributed by atoms with Crippen molar-refractivity contribution in [1.29, 1.82) is 21.0 Å². The molecule has 8 aromatic carbocycles. The largest absolute Gasteiger partial charge is 0.309 e. The second kappa shape index (κ2) is 16.1. The molecule has 0 aliphatic heterocycles. The Morgan fingerprint density at radius 3 is 1.30 bits per heavy atom. The van der Waals surface area contributed by atoms with E-state index >= 15 is 4.39 Å². The van der Waals surface area contributed by atoms with E-state index in [9.17, 15) is 21.0 Å². The van der Waals surface area contributed by atoms with Crippen molar-refractivity contribution < 1.29 is 4.39 Å². The Morgan fingerprint density at radius 2 is 0.828 bits per heavy atom. The lowest BCUT2D eigenvalue weighted by Gasteiger charge is -2.16. The van der Waals surface area contributed by atoms with E-state index in [4.69, 9.17) is 15.0 Å². The van der Waals surface area contributed by atoms with Gasteiger partial charge in [-0.05, 0) is 106 Å². The SMILES string of the molecule is N#Cc1cc(C#N)cc(-c2ccc3c4ccc(-c5cc(C#N)cc(C#N)c5)cc4n(-c4ccc(-c5cccc(F)c5)c(-c5nc(-c6ccccc6)nc(-c6ccccc6)n5)c4)c3c2)c1. The second-order valence-corrected chi connectivity index (χ2v) is 15.1. The number of fused-ring (bicyclic) bond motifs is 3. The van der Waals surface area contributed by atoms with Crippen LogP contribution < -0.4 is 0 Å². The molecule has 296 valence electrons. The lowest BCUT2D eigenvalue weighted by Crippen LogP contribution is -2.02. The van der Waals surface area contributed by atoms with Crippen LogP contribution in [0.25, 0.3) is 95.0 Å². The minimum atomic E-state index is -0.388. The van der Waals surface area contributed by atoms with E-state index in [0.717, 1.165) is 49.7 Å². The van der Waals surface area contributed by atoms with E-state index in [2.05, 4.69) is 28.8 Å². The maximum Gasteiger partial charge on any atom is 0.164 e. The van der Waals surface area contributed by atoms with Crippen molar-refractivity contribution in [3.8, 4) is 97.5 Å².